The van der Waals surface area contributed by atoms with E-state index in [1.807, 2.05) is 13.8 Å². The summed E-state index contributed by atoms with van der Waals surface area (Å²) in [5.74, 6) is -1.28. The van der Waals surface area contributed by atoms with E-state index in [4.69, 9.17) is 9.47 Å². The Morgan fingerprint density at radius 3 is 2.16 bits per heavy atom. The van der Waals surface area contributed by atoms with Crippen LogP contribution in [0.2, 0.25) is 0 Å². The lowest BCUT2D eigenvalue weighted by Gasteiger charge is -2.59. The van der Waals surface area contributed by atoms with Gasteiger partial charge in [0.15, 0.2) is 5.60 Å². The van der Waals surface area contributed by atoms with Crippen LogP contribution in [0.25, 0.3) is 0 Å². The van der Waals surface area contributed by atoms with E-state index in [1.165, 1.54) is 6.92 Å². The van der Waals surface area contributed by atoms with Crippen molar-refractivity contribution in [2.24, 2.45) is 16.2 Å². The van der Waals surface area contributed by atoms with E-state index in [9.17, 15) is 14.4 Å². The smallest absolute Gasteiger partial charge is 0.303 e. The maximum Gasteiger partial charge on any atom is 0.303 e. The maximum atomic E-state index is 13.3. The monoisotopic (exact) mass is 348 g/mol. The van der Waals surface area contributed by atoms with Gasteiger partial charge in [-0.05, 0) is 42.9 Å². The summed E-state index contributed by atoms with van der Waals surface area (Å²) in [7, 11) is 0. The molecule has 0 aromatic rings. The van der Waals surface area contributed by atoms with E-state index in [2.05, 4.69) is 20.8 Å². The molecule has 2 bridgehead atoms. The molecule has 0 radical (unpaired) electrons. The Hall–Kier alpha value is -1.23. The molecule has 3 saturated carbocycles. The molecule has 4 unspecified atom stereocenters. The third kappa shape index (κ3) is 1.91. The lowest BCUT2D eigenvalue weighted by atomic mass is 9.44. The van der Waals surface area contributed by atoms with Gasteiger partial charge in [0.25, 0.3) is 0 Å². The fourth-order valence-electron chi connectivity index (χ4n) is 7.17. The minimum atomic E-state index is -1.27. The minimum absolute atomic E-state index is 0.0754. The van der Waals surface area contributed by atoms with Crippen LogP contribution in [0, 0.1) is 16.2 Å². The highest BCUT2D eigenvalue weighted by atomic mass is 16.7. The number of ether oxygens (including phenoxy) is 2. The summed E-state index contributed by atoms with van der Waals surface area (Å²) in [5.41, 5.74) is -3.86. The first-order valence-electron chi connectivity index (χ1n) is 9.21. The van der Waals surface area contributed by atoms with Crippen LogP contribution in [0.3, 0.4) is 0 Å². The number of hydrogen-bond donors (Lipinski definition) is 0. The first-order chi connectivity index (χ1) is 11.2. The molecule has 1 heterocycles. The number of esters is 1. The zero-order valence-electron chi connectivity index (χ0n) is 16.1. The zero-order chi connectivity index (χ0) is 18.7. The highest BCUT2D eigenvalue weighted by Crippen LogP contribution is 2.77. The van der Waals surface area contributed by atoms with Crippen molar-refractivity contribution in [3.8, 4) is 0 Å². The summed E-state index contributed by atoms with van der Waals surface area (Å²) >= 11 is 0. The second-order valence-corrected chi connectivity index (χ2v) is 10.8. The molecule has 4 atom stereocenters. The topological polar surface area (TPSA) is 73.0 Å². The van der Waals surface area contributed by atoms with Crippen molar-refractivity contribution in [3.05, 3.63) is 0 Å². The fraction of sp³-hybridized carbons (Fsp3) is 0.850. The van der Waals surface area contributed by atoms with Crippen molar-refractivity contribution in [3.63, 3.8) is 0 Å². The van der Waals surface area contributed by atoms with Gasteiger partial charge >= 0.3 is 5.97 Å². The van der Waals surface area contributed by atoms with Gasteiger partial charge in [-0.25, -0.2) is 0 Å². The number of carbonyl (C=O) groups is 3. The highest BCUT2D eigenvalue weighted by molar-refractivity contribution is 6.44. The molecule has 0 aromatic heterocycles. The third-order valence-electron chi connectivity index (χ3n) is 6.89. The van der Waals surface area contributed by atoms with Gasteiger partial charge in [-0.1, -0.05) is 34.6 Å². The fourth-order valence-corrected chi connectivity index (χ4v) is 7.17. The van der Waals surface area contributed by atoms with E-state index >= 15 is 0 Å². The van der Waals surface area contributed by atoms with Gasteiger partial charge in [-0.2, -0.15) is 0 Å². The molecule has 0 aromatic carbocycles. The lowest BCUT2D eigenvalue weighted by molar-refractivity contribution is -0.200. The number of fused-ring (bicyclic) bond motifs is 2. The second-order valence-electron chi connectivity index (χ2n) is 10.8. The summed E-state index contributed by atoms with van der Waals surface area (Å²) in [6, 6.07) is 0. The number of carbonyl (C=O) groups excluding carboxylic acids is 3. The summed E-state index contributed by atoms with van der Waals surface area (Å²) in [6.07, 6.45) is 3.39. The van der Waals surface area contributed by atoms with Crippen LogP contribution in [0.4, 0.5) is 0 Å². The summed E-state index contributed by atoms with van der Waals surface area (Å²) in [5, 5.41) is 0. The van der Waals surface area contributed by atoms with Crippen molar-refractivity contribution in [2.75, 3.05) is 0 Å². The quantitative estimate of drug-likeness (QED) is 0.414. The van der Waals surface area contributed by atoms with Crippen LogP contribution in [-0.2, 0) is 23.9 Å². The van der Waals surface area contributed by atoms with Crippen LogP contribution in [0.15, 0.2) is 0 Å². The first kappa shape index (κ1) is 17.2. The Labute approximate surface area is 148 Å². The molecule has 0 spiro atoms. The zero-order valence-corrected chi connectivity index (χ0v) is 16.1. The van der Waals surface area contributed by atoms with Crippen molar-refractivity contribution < 1.29 is 23.9 Å². The SMILES string of the molecule is CC(=O)OC12CC(C)(C)CC(C)(C1)CC13CC(C)(C)C(=O)C(=O)C21O3. The van der Waals surface area contributed by atoms with E-state index in [1.54, 1.807) is 0 Å². The molecule has 0 amide bonds. The number of Topliss-reactive ketones (excluding diaryl/α,β-unsaturated/α-hetero) is 2. The van der Waals surface area contributed by atoms with Crippen molar-refractivity contribution >= 4 is 17.5 Å². The van der Waals surface area contributed by atoms with Gasteiger partial charge in [0.1, 0.15) is 5.60 Å². The molecule has 4 rings (SSSR count). The van der Waals surface area contributed by atoms with Crippen LogP contribution in [0.1, 0.15) is 73.6 Å². The average Bonchev–Trinajstić information content (AvgIpc) is 3.00. The molecule has 4 fully saturated rings. The molecule has 25 heavy (non-hydrogen) atoms. The van der Waals surface area contributed by atoms with Gasteiger partial charge in [0.05, 0.1) is 0 Å². The van der Waals surface area contributed by atoms with E-state index in [0.717, 1.165) is 12.8 Å². The molecule has 1 aliphatic heterocycles. The standard InChI is InChI=1S/C20H28O5/c1-12(21)24-18-8-15(2,3)7-17(6,10-18)11-19-9-16(4,5)13(22)14(23)20(18,19)25-19/h7-11H2,1-6H3. The first-order valence-corrected chi connectivity index (χ1v) is 9.21. The molecule has 4 aliphatic rings. The number of hydrogen-bond acceptors (Lipinski definition) is 5. The Morgan fingerprint density at radius 2 is 1.56 bits per heavy atom. The molecule has 1 saturated heterocycles. The Bertz CT molecular complexity index is 718. The van der Waals surface area contributed by atoms with Gasteiger partial charge in [-0.3, -0.25) is 14.4 Å². The Morgan fingerprint density at radius 1 is 0.920 bits per heavy atom. The normalized spacial score (nSPS) is 49.0. The molecule has 138 valence electrons. The lowest BCUT2D eigenvalue weighted by Crippen LogP contribution is -2.70. The molecular formula is C20H28O5. The van der Waals surface area contributed by atoms with Crippen molar-refractivity contribution in [1.29, 1.82) is 0 Å². The highest BCUT2D eigenvalue weighted by Gasteiger charge is 2.91. The van der Waals surface area contributed by atoms with Crippen LogP contribution in [-0.4, -0.2) is 34.3 Å². The predicted molar refractivity (Wildman–Crippen MR) is 89.8 cm³/mol. The van der Waals surface area contributed by atoms with Gasteiger partial charge in [0.2, 0.25) is 17.2 Å². The van der Waals surface area contributed by atoms with Crippen LogP contribution < -0.4 is 0 Å². The Balaban J connectivity index is 1.92. The van der Waals surface area contributed by atoms with Crippen molar-refractivity contribution in [1.82, 2.24) is 0 Å². The second kappa shape index (κ2) is 4.19. The average molecular weight is 348 g/mol. The predicted octanol–water partition coefficient (Wildman–Crippen LogP) is 2.98. The van der Waals surface area contributed by atoms with E-state index in [0.29, 0.717) is 19.3 Å². The van der Waals surface area contributed by atoms with Gasteiger partial charge in [-0.15, -0.1) is 0 Å². The Kier molecular flexibility index (Phi) is 2.88. The maximum absolute atomic E-state index is 13.3. The van der Waals surface area contributed by atoms with E-state index in [-0.39, 0.29) is 16.6 Å². The molecule has 0 N–H and O–H groups in total. The number of epoxide rings is 1. The summed E-state index contributed by atoms with van der Waals surface area (Å²) < 4.78 is 12.2. The number of rotatable bonds is 1. The van der Waals surface area contributed by atoms with Gasteiger partial charge < -0.3 is 9.47 Å². The molecular weight excluding hydrogens is 320 g/mol. The van der Waals surface area contributed by atoms with Gasteiger partial charge in [0, 0.05) is 12.3 Å². The molecule has 5 heteroatoms. The molecule has 3 aliphatic carbocycles. The third-order valence-corrected chi connectivity index (χ3v) is 6.89. The summed E-state index contributed by atoms with van der Waals surface area (Å²) in [6.45, 7) is 11.5. The minimum Gasteiger partial charge on any atom is -0.455 e. The van der Waals surface area contributed by atoms with E-state index < -0.39 is 34.0 Å². The largest absolute Gasteiger partial charge is 0.455 e. The molecule has 5 nitrogen and oxygen atoms in total. The number of ketones is 2. The van der Waals surface area contributed by atoms with Crippen molar-refractivity contribution in [2.45, 2.75) is 90.4 Å². The van der Waals surface area contributed by atoms with Crippen LogP contribution >= 0.6 is 0 Å². The summed E-state index contributed by atoms with van der Waals surface area (Å²) in [4.78, 5) is 38.1. The van der Waals surface area contributed by atoms with Crippen LogP contribution in [0.5, 0.6) is 0 Å².